The Hall–Kier alpha value is -2.40. The molecule has 0 bridgehead atoms. The maximum Gasteiger partial charge on any atom is 0.166 e. The van der Waals surface area contributed by atoms with Gasteiger partial charge in [0.2, 0.25) is 0 Å². The summed E-state index contributed by atoms with van der Waals surface area (Å²) in [6, 6.07) is 2.12. The lowest BCUT2D eigenvalue weighted by atomic mass is 9.93. The summed E-state index contributed by atoms with van der Waals surface area (Å²) in [5.74, 6) is 2.16. The molecule has 0 radical (unpaired) electrons. The molecule has 132 valence electrons. The molecule has 2 heterocycles. The van der Waals surface area contributed by atoms with Crippen molar-refractivity contribution in [3.63, 3.8) is 0 Å². The van der Waals surface area contributed by atoms with Crippen LogP contribution >= 0.6 is 0 Å². The van der Waals surface area contributed by atoms with E-state index in [1.807, 2.05) is 30.6 Å². The Morgan fingerprint density at radius 2 is 2.16 bits per heavy atom. The zero-order valence-corrected chi connectivity index (χ0v) is 15.4. The minimum Gasteiger partial charge on any atom is -0.356 e. The lowest BCUT2D eigenvalue weighted by molar-refractivity contribution is 0.327. The molecule has 1 aliphatic rings. The molecule has 0 N–H and O–H groups in total. The van der Waals surface area contributed by atoms with Crippen LogP contribution in [-0.4, -0.2) is 40.2 Å². The van der Waals surface area contributed by atoms with Gasteiger partial charge < -0.3 is 14.0 Å². The van der Waals surface area contributed by atoms with Gasteiger partial charge in [-0.25, -0.2) is 4.98 Å². The third-order valence-corrected chi connectivity index (χ3v) is 4.58. The predicted octanol–water partition coefficient (Wildman–Crippen LogP) is 3.73. The fourth-order valence-electron chi connectivity index (χ4n) is 3.10. The van der Waals surface area contributed by atoms with E-state index in [-0.39, 0.29) is 6.04 Å². The molecule has 5 nitrogen and oxygen atoms in total. The molecule has 2 atom stereocenters. The zero-order chi connectivity index (χ0) is 18.0. The van der Waals surface area contributed by atoms with Crippen molar-refractivity contribution in [3.8, 4) is 0 Å². The number of nitrogens with zero attached hydrogens (tertiary/aromatic N) is 4. The van der Waals surface area contributed by atoms with Gasteiger partial charge in [-0.05, 0) is 25.6 Å². The van der Waals surface area contributed by atoms with Crippen molar-refractivity contribution < 1.29 is 4.52 Å². The van der Waals surface area contributed by atoms with Gasteiger partial charge in [0, 0.05) is 37.0 Å². The summed E-state index contributed by atoms with van der Waals surface area (Å²) in [5, 5.41) is 4.37. The summed E-state index contributed by atoms with van der Waals surface area (Å²) in [5.41, 5.74) is 3.09. The van der Waals surface area contributed by atoms with Crippen LogP contribution in [0.1, 0.15) is 37.2 Å². The molecule has 0 aliphatic heterocycles. The first-order valence-electron chi connectivity index (χ1n) is 8.71. The maximum absolute atomic E-state index is 5.67. The molecule has 0 aromatic carbocycles. The molecule has 0 amide bonds. The Morgan fingerprint density at radius 3 is 2.84 bits per heavy atom. The molecule has 2 aromatic rings. The quantitative estimate of drug-likeness (QED) is 0.805. The summed E-state index contributed by atoms with van der Waals surface area (Å²) in [6.45, 7) is 9.13. The highest BCUT2D eigenvalue weighted by Crippen LogP contribution is 2.29. The molecule has 0 saturated heterocycles. The van der Waals surface area contributed by atoms with Crippen LogP contribution < -0.4 is 0 Å². The van der Waals surface area contributed by atoms with Gasteiger partial charge in [0.25, 0.3) is 0 Å². The Balaban J connectivity index is 1.93. The first-order chi connectivity index (χ1) is 12.0. The minimum absolute atomic E-state index is 0.0745. The van der Waals surface area contributed by atoms with Gasteiger partial charge in [-0.2, -0.15) is 0 Å². The number of rotatable bonds is 6. The smallest absolute Gasteiger partial charge is 0.166 e. The minimum atomic E-state index is 0.0745. The first-order valence-corrected chi connectivity index (χ1v) is 8.71. The highest BCUT2D eigenvalue weighted by atomic mass is 16.5. The summed E-state index contributed by atoms with van der Waals surface area (Å²) in [6.07, 6.45) is 11.0. The summed E-state index contributed by atoms with van der Waals surface area (Å²) in [7, 11) is 4.13. The van der Waals surface area contributed by atoms with Crippen molar-refractivity contribution in [3.05, 3.63) is 66.1 Å². The van der Waals surface area contributed by atoms with Crippen LogP contribution in [0.15, 0.2) is 53.4 Å². The van der Waals surface area contributed by atoms with E-state index in [1.165, 1.54) is 0 Å². The van der Waals surface area contributed by atoms with Crippen LogP contribution in [0.2, 0.25) is 0 Å². The largest absolute Gasteiger partial charge is 0.356 e. The van der Waals surface area contributed by atoms with E-state index < -0.39 is 0 Å². The van der Waals surface area contributed by atoms with Crippen molar-refractivity contribution in [2.24, 2.45) is 5.92 Å². The van der Waals surface area contributed by atoms with Crippen molar-refractivity contribution in [2.75, 3.05) is 20.6 Å². The monoisotopic (exact) mass is 338 g/mol. The Bertz CT molecular complexity index is 809. The average Bonchev–Trinajstić information content (AvgIpc) is 3.24. The van der Waals surface area contributed by atoms with Crippen molar-refractivity contribution in [1.29, 1.82) is 0 Å². The highest BCUT2D eigenvalue weighted by Gasteiger charge is 2.22. The van der Waals surface area contributed by atoms with Gasteiger partial charge in [0.15, 0.2) is 5.76 Å². The topological polar surface area (TPSA) is 47.1 Å². The molecular weight excluding hydrogens is 312 g/mol. The van der Waals surface area contributed by atoms with Crippen LogP contribution in [0.4, 0.5) is 0 Å². The van der Waals surface area contributed by atoms with Gasteiger partial charge in [-0.3, -0.25) is 0 Å². The standard InChI is InChI=1S/C20H26N4O/c1-6-20-21-9-10-24(20)18(13-23(4)5)17-12-19(25-22-17)16-8-7-14(2)15(3)11-16/h7-12,15,18H,2,6,13H2,1,3-5H3/t15?,18-/m1/s1. The summed E-state index contributed by atoms with van der Waals surface area (Å²) < 4.78 is 7.86. The van der Waals surface area contributed by atoms with Crippen LogP contribution in [-0.2, 0) is 6.42 Å². The van der Waals surface area contributed by atoms with E-state index >= 15 is 0 Å². The second-order valence-corrected chi connectivity index (χ2v) is 6.82. The fraction of sp³-hybridized carbons (Fsp3) is 0.400. The van der Waals surface area contributed by atoms with E-state index in [2.05, 4.69) is 60.2 Å². The van der Waals surface area contributed by atoms with Crippen LogP contribution in [0, 0.1) is 5.92 Å². The van der Waals surface area contributed by atoms with E-state index in [4.69, 9.17) is 4.52 Å². The second-order valence-electron chi connectivity index (χ2n) is 6.82. The van der Waals surface area contributed by atoms with Crippen molar-refractivity contribution >= 4 is 5.57 Å². The van der Waals surface area contributed by atoms with Gasteiger partial charge in [-0.1, -0.05) is 43.8 Å². The van der Waals surface area contributed by atoms with Crippen molar-refractivity contribution in [2.45, 2.75) is 26.3 Å². The van der Waals surface area contributed by atoms with Gasteiger partial charge in [-0.15, -0.1) is 0 Å². The predicted molar refractivity (Wildman–Crippen MR) is 100 cm³/mol. The Kier molecular flexibility index (Phi) is 5.04. The highest BCUT2D eigenvalue weighted by molar-refractivity contribution is 5.74. The van der Waals surface area contributed by atoms with Crippen LogP contribution in [0.3, 0.4) is 0 Å². The number of likely N-dealkylation sites (N-methyl/N-ethyl adjacent to an activating group) is 1. The average molecular weight is 338 g/mol. The van der Waals surface area contributed by atoms with E-state index in [1.54, 1.807) is 0 Å². The lowest BCUT2D eigenvalue weighted by Crippen LogP contribution is -2.26. The number of aromatic nitrogens is 3. The number of allylic oxidation sites excluding steroid dienone is 5. The number of hydrogen-bond donors (Lipinski definition) is 0. The molecule has 25 heavy (non-hydrogen) atoms. The Morgan fingerprint density at radius 1 is 1.36 bits per heavy atom. The first kappa shape index (κ1) is 17.4. The normalized spacial score (nSPS) is 18.7. The molecule has 0 spiro atoms. The van der Waals surface area contributed by atoms with Crippen LogP contribution in [0.5, 0.6) is 0 Å². The fourth-order valence-corrected chi connectivity index (χ4v) is 3.10. The van der Waals surface area contributed by atoms with E-state index in [0.717, 1.165) is 41.4 Å². The third kappa shape index (κ3) is 3.66. The summed E-state index contributed by atoms with van der Waals surface area (Å²) in [4.78, 5) is 6.61. The lowest BCUT2D eigenvalue weighted by Gasteiger charge is -2.22. The number of imidazole rings is 1. The molecule has 0 saturated carbocycles. The molecular formula is C20H26N4O. The van der Waals surface area contributed by atoms with Gasteiger partial charge in [0.05, 0.1) is 6.04 Å². The van der Waals surface area contributed by atoms with Crippen molar-refractivity contribution in [1.82, 2.24) is 19.6 Å². The van der Waals surface area contributed by atoms with Gasteiger partial charge in [0.1, 0.15) is 11.5 Å². The molecule has 0 fully saturated rings. The number of hydrogen-bond acceptors (Lipinski definition) is 4. The maximum atomic E-state index is 5.67. The molecule has 1 aliphatic carbocycles. The van der Waals surface area contributed by atoms with Crippen LogP contribution in [0.25, 0.3) is 5.57 Å². The molecule has 2 aromatic heterocycles. The van der Waals surface area contributed by atoms with E-state index in [0.29, 0.717) is 5.92 Å². The van der Waals surface area contributed by atoms with Gasteiger partial charge >= 0.3 is 0 Å². The SMILES string of the molecule is C=C1C=CC(c2cc([C@@H](CN(C)C)n3ccnc3CC)no2)=CC1C. The Labute approximate surface area is 149 Å². The molecule has 1 unspecified atom stereocenters. The number of aryl methyl sites for hydroxylation is 1. The second kappa shape index (κ2) is 7.23. The summed E-state index contributed by atoms with van der Waals surface area (Å²) >= 11 is 0. The molecule has 3 rings (SSSR count). The zero-order valence-electron chi connectivity index (χ0n) is 15.4. The van der Waals surface area contributed by atoms with E-state index in [9.17, 15) is 0 Å². The molecule has 5 heteroatoms. The third-order valence-electron chi connectivity index (χ3n) is 4.58.